The van der Waals surface area contributed by atoms with Crippen LogP contribution in [-0.2, 0) is 0 Å². The molecule has 0 heterocycles. The standard InChI is InChI=1S/C14H29Br/c1-3-5-7-9-11-13-14(15)12-10-8-6-4-2/h14H,3-13H2,1-2H3. The number of halogens is 1. The Bertz CT molecular complexity index is 112. The predicted octanol–water partition coefficient (Wildman–Crippen LogP) is 6.08. The average molecular weight is 277 g/mol. The van der Waals surface area contributed by atoms with Crippen molar-refractivity contribution in [1.82, 2.24) is 0 Å². The lowest BCUT2D eigenvalue weighted by Gasteiger charge is -2.08. The second-order valence-electron chi connectivity index (χ2n) is 4.65. The fourth-order valence-electron chi connectivity index (χ4n) is 1.91. The van der Waals surface area contributed by atoms with Gasteiger partial charge in [0.05, 0.1) is 0 Å². The molecule has 0 radical (unpaired) electrons. The fourth-order valence-corrected chi connectivity index (χ4v) is 2.55. The van der Waals surface area contributed by atoms with E-state index in [-0.39, 0.29) is 0 Å². The molecule has 92 valence electrons. The molecule has 15 heavy (non-hydrogen) atoms. The molecule has 0 aliphatic carbocycles. The minimum Gasteiger partial charge on any atom is -0.0891 e. The smallest absolute Gasteiger partial charge is 0.0145 e. The number of hydrogen-bond donors (Lipinski definition) is 0. The normalized spacial score (nSPS) is 13.0. The Morgan fingerprint density at radius 1 is 0.667 bits per heavy atom. The highest BCUT2D eigenvalue weighted by Gasteiger charge is 2.03. The molecule has 0 aliphatic rings. The Labute approximate surface area is 105 Å². The van der Waals surface area contributed by atoms with Crippen LogP contribution in [0.25, 0.3) is 0 Å². The molecule has 1 atom stereocenters. The monoisotopic (exact) mass is 276 g/mol. The van der Waals surface area contributed by atoms with Crippen LogP contribution in [0.5, 0.6) is 0 Å². The second kappa shape index (κ2) is 12.5. The summed E-state index contributed by atoms with van der Waals surface area (Å²) in [4.78, 5) is 0.788. The topological polar surface area (TPSA) is 0 Å². The highest BCUT2D eigenvalue weighted by atomic mass is 79.9. The van der Waals surface area contributed by atoms with Crippen molar-refractivity contribution in [3.8, 4) is 0 Å². The first-order valence-corrected chi connectivity index (χ1v) is 7.86. The molecular weight excluding hydrogens is 248 g/mol. The molecule has 0 saturated heterocycles. The first-order chi connectivity index (χ1) is 7.31. The van der Waals surface area contributed by atoms with Crippen LogP contribution in [0.1, 0.15) is 84.5 Å². The first-order valence-electron chi connectivity index (χ1n) is 6.95. The maximum atomic E-state index is 3.80. The summed E-state index contributed by atoms with van der Waals surface area (Å²) in [5.74, 6) is 0. The van der Waals surface area contributed by atoms with Crippen molar-refractivity contribution >= 4 is 15.9 Å². The van der Waals surface area contributed by atoms with E-state index in [4.69, 9.17) is 0 Å². The van der Waals surface area contributed by atoms with Gasteiger partial charge in [0.25, 0.3) is 0 Å². The molecule has 0 fully saturated rings. The average Bonchev–Trinajstić information content (AvgIpc) is 2.24. The zero-order valence-corrected chi connectivity index (χ0v) is 12.3. The number of hydrogen-bond acceptors (Lipinski definition) is 0. The van der Waals surface area contributed by atoms with E-state index in [1.807, 2.05) is 0 Å². The highest BCUT2D eigenvalue weighted by molar-refractivity contribution is 9.09. The third-order valence-electron chi connectivity index (χ3n) is 2.99. The third kappa shape index (κ3) is 12.4. The molecule has 0 aliphatic heterocycles. The Balaban J connectivity index is 3.08. The minimum atomic E-state index is 0.788. The van der Waals surface area contributed by atoms with Gasteiger partial charge in [0.2, 0.25) is 0 Å². The molecule has 0 bridgehead atoms. The van der Waals surface area contributed by atoms with Gasteiger partial charge in [-0.15, -0.1) is 0 Å². The molecule has 0 nitrogen and oxygen atoms in total. The molecule has 0 aromatic rings. The minimum absolute atomic E-state index is 0.788. The summed E-state index contributed by atoms with van der Waals surface area (Å²) in [6, 6.07) is 0. The van der Waals surface area contributed by atoms with Crippen LogP contribution in [0.3, 0.4) is 0 Å². The molecule has 1 unspecified atom stereocenters. The summed E-state index contributed by atoms with van der Waals surface area (Å²) < 4.78 is 0. The lowest BCUT2D eigenvalue weighted by atomic mass is 10.1. The third-order valence-corrected chi connectivity index (χ3v) is 3.91. The molecule has 0 aromatic heterocycles. The predicted molar refractivity (Wildman–Crippen MR) is 74.9 cm³/mol. The van der Waals surface area contributed by atoms with Gasteiger partial charge < -0.3 is 0 Å². The van der Waals surface area contributed by atoms with Crippen LogP contribution < -0.4 is 0 Å². The van der Waals surface area contributed by atoms with Crippen molar-refractivity contribution in [3.05, 3.63) is 0 Å². The van der Waals surface area contributed by atoms with E-state index in [2.05, 4.69) is 29.8 Å². The first kappa shape index (κ1) is 15.5. The molecule has 0 saturated carbocycles. The van der Waals surface area contributed by atoms with Gasteiger partial charge >= 0.3 is 0 Å². The van der Waals surface area contributed by atoms with Gasteiger partial charge in [-0.25, -0.2) is 0 Å². The van der Waals surface area contributed by atoms with E-state index in [1.165, 1.54) is 70.6 Å². The fraction of sp³-hybridized carbons (Fsp3) is 1.00. The van der Waals surface area contributed by atoms with Gasteiger partial charge in [0, 0.05) is 4.83 Å². The van der Waals surface area contributed by atoms with Crippen molar-refractivity contribution in [2.45, 2.75) is 89.3 Å². The van der Waals surface area contributed by atoms with Gasteiger partial charge in [-0.05, 0) is 12.8 Å². The number of alkyl halides is 1. The summed E-state index contributed by atoms with van der Waals surface area (Å²) in [5.41, 5.74) is 0. The zero-order chi connectivity index (χ0) is 11.4. The van der Waals surface area contributed by atoms with Crippen molar-refractivity contribution in [2.24, 2.45) is 0 Å². The molecular formula is C14H29Br. The largest absolute Gasteiger partial charge is 0.0891 e. The van der Waals surface area contributed by atoms with E-state index < -0.39 is 0 Å². The maximum Gasteiger partial charge on any atom is 0.0145 e. The van der Waals surface area contributed by atoms with E-state index in [0.717, 1.165) is 4.83 Å². The lowest BCUT2D eigenvalue weighted by Crippen LogP contribution is -1.97. The van der Waals surface area contributed by atoms with Crippen molar-refractivity contribution in [2.75, 3.05) is 0 Å². The lowest BCUT2D eigenvalue weighted by molar-refractivity contribution is 0.561. The van der Waals surface area contributed by atoms with Crippen LogP contribution in [0.4, 0.5) is 0 Å². The van der Waals surface area contributed by atoms with E-state index >= 15 is 0 Å². The Morgan fingerprint density at radius 2 is 1.07 bits per heavy atom. The quantitative estimate of drug-likeness (QED) is 0.317. The number of unbranched alkanes of at least 4 members (excludes halogenated alkanes) is 7. The summed E-state index contributed by atoms with van der Waals surface area (Å²) in [5, 5.41) is 0. The van der Waals surface area contributed by atoms with E-state index in [0.29, 0.717) is 0 Å². The molecule has 0 aromatic carbocycles. The van der Waals surface area contributed by atoms with Gasteiger partial charge in [-0.1, -0.05) is 87.6 Å². The summed E-state index contributed by atoms with van der Waals surface area (Å²) in [7, 11) is 0. The Hall–Kier alpha value is 0.480. The van der Waals surface area contributed by atoms with Crippen molar-refractivity contribution < 1.29 is 0 Å². The van der Waals surface area contributed by atoms with Crippen LogP contribution in [0.15, 0.2) is 0 Å². The van der Waals surface area contributed by atoms with Gasteiger partial charge in [-0.2, -0.15) is 0 Å². The second-order valence-corrected chi connectivity index (χ2v) is 5.94. The molecule has 0 amide bonds. The summed E-state index contributed by atoms with van der Waals surface area (Å²) >= 11 is 3.80. The molecule has 0 rings (SSSR count). The van der Waals surface area contributed by atoms with Crippen molar-refractivity contribution in [3.63, 3.8) is 0 Å². The van der Waals surface area contributed by atoms with Crippen LogP contribution in [-0.4, -0.2) is 4.83 Å². The number of rotatable bonds is 11. The Morgan fingerprint density at radius 3 is 1.53 bits per heavy atom. The Kier molecular flexibility index (Phi) is 13.0. The van der Waals surface area contributed by atoms with Crippen LogP contribution >= 0.6 is 15.9 Å². The summed E-state index contributed by atoms with van der Waals surface area (Å²) in [6.07, 6.45) is 15.4. The highest BCUT2D eigenvalue weighted by Crippen LogP contribution is 2.18. The van der Waals surface area contributed by atoms with Crippen LogP contribution in [0.2, 0.25) is 0 Å². The van der Waals surface area contributed by atoms with Crippen LogP contribution in [0, 0.1) is 0 Å². The van der Waals surface area contributed by atoms with E-state index in [9.17, 15) is 0 Å². The van der Waals surface area contributed by atoms with E-state index in [1.54, 1.807) is 0 Å². The molecule has 0 N–H and O–H groups in total. The molecule has 0 spiro atoms. The molecule has 1 heteroatoms. The zero-order valence-electron chi connectivity index (χ0n) is 10.7. The maximum absolute atomic E-state index is 3.80. The SMILES string of the molecule is CCCCCCCC(Br)CCCCCC. The van der Waals surface area contributed by atoms with Gasteiger partial charge in [-0.3, -0.25) is 0 Å². The van der Waals surface area contributed by atoms with Gasteiger partial charge in [0.15, 0.2) is 0 Å². The van der Waals surface area contributed by atoms with Crippen molar-refractivity contribution in [1.29, 1.82) is 0 Å². The van der Waals surface area contributed by atoms with Gasteiger partial charge in [0.1, 0.15) is 0 Å². The summed E-state index contributed by atoms with van der Waals surface area (Å²) in [6.45, 7) is 4.56.